The number of imidazole rings is 1. The van der Waals surface area contributed by atoms with Crippen LogP contribution in [0.15, 0.2) is 71.9 Å². The van der Waals surface area contributed by atoms with Crippen molar-refractivity contribution in [2.24, 2.45) is 4.99 Å². The van der Waals surface area contributed by atoms with Crippen LogP contribution in [0.2, 0.25) is 0 Å². The Bertz CT molecular complexity index is 1250. The number of pyridine rings is 1. The number of ether oxygens (including phenoxy) is 1. The second-order valence-corrected chi connectivity index (χ2v) is 7.53. The molecule has 0 aliphatic heterocycles. The summed E-state index contributed by atoms with van der Waals surface area (Å²) in [5.41, 5.74) is 3.01. The highest BCUT2D eigenvalue weighted by molar-refractivity contribution is 5.79. The number of benzene rings is 2. The molecule has 0 saturated carbocycles. The number of para-hydroxylation sites is 2. The number of guanidine groups is 1. The lowest BCUT2D eigenvalue weighted by Gasteiger charge is -2.14. The van der Waals surface area contributed by atoms with Crippen molar-refractivity contribution in [3.05, 3.63) is 84.1 Å². The molecule has 2 aromatic heterocycles. The summed E-state index contributed by atoms with van der Waals surface area (Å²) in [5.74, 6) is 2.17. The Hall–Kier alpha value is -3.94. The van der Waals surface area contributed by atoms with E-state index in [1.165, 1.54) is 12.1 Å². The molecule has 2 aromatic carbocycles. The number of nitrogens with zero attached hydrogens (tertiary/aromatic N) is 4. The van der Waals surface area contributed by atoms with Gasteiger partial charge in [-0.1, -0.05) is 24.3 Å². The largest absolute Gasteiger partial charge is 0.439 e. The standard InChI is InChI=1S/C25H27FN6O/c1-18-31-22-11-3-4-12-23(22)32(18)15-7-14-29-25(27-2)30-17-19-8-6-13-28-24(19)33-21-10-5-9-20(26)16-21/h3-6,8-13,16H,7,14-15,17H2,1-2H3,(H2,27,29,30). The quantitative estimate of drug-likeness (QED) is 0.238. The van der Waals surface area contributed by atoms with Gasteiger partial charge in [0.05, 0.1) is 11.0 Å². The number of fused-ring (bicyclic) bond motifs is 1. The minimum atomic E-state index is -0.355. The van der Waals surface area contributed by atoms with Crippen molar-refractivity contribution >= 4 is 17.0 Å². The first-order valence-electron chi connectivity index (χ1n) is 10.9. The van der Waals surface area contributed by atoms with Gasteiger partial charge in [-0.05, 0) is 43.7 Å². The van der Waals surface area contributed by atoms with Crippen LogP contribution in [0.5, 0.6) is 11.6 Å². The summed E-state index contributed by atoms with van der Waals surface area (Å²) in [6, 6.07) is 17.9. The summed E-state index contributed by atoms with van der Waals surface area (Å²) >= 11 is 0. The predicted molar refractivity (Wildman–Crippen MR) is 128 cm³/mol. The monoisotopic (exact) mass is 446 g/mol. The predicted octanol–water partition coefficient (Wildman–Crippen LogP) is 4.43. The van der Waals surface area contributed by atoms with Gasteiger partial charge in [-0.15, -0.1) is 0 Å². The van der Waals surface area contributed by atoms with Gasteiger partial charge in [0, 0.05) is 44.5 Å². The number of halogens is 1. The normalized spacial score (nSPS) is 11.5. The molecule has 33 heavy (non-hydrogen) atoms. The molecule has 8 heteroatoms. The summed E-state index contributed by atoms with van der Waals surface area (Å²) in [7, 11) is 1.73. The number of nitrogens with one attached hydrogen (secondary N) is 2. The van der Waals surface area contributed by atoms with Crippen LogP contribution in [0.1, 0.15) is 17.8 Å². The van der Waals surface area contributed by atoms with E-state index < -0.39 is 0 Å². The van der Waals surface area contributed by atoms with Gasteiger partial charge < -0.3 is 19.9 Å². The molecule has 0 fully saturated rings. The number of aromatic nitrogens is 3. The maximum atomic E-state index is 13.5. The molecule has 170 valence electrons. The summed E-state index contributed by atoms with van der Waals surface area (Å²) in [6.07, 6.45) is 2.57. The second-order valence-electron chi connectivity index (χ2n) is 7.53. The first kappa shape index (κ1) is 22.3. The minimum absolute atomic E-state index is 0.355. The highest BCUT2D eigenvalue weighted by Gasteiger charge is 2.09. The van der Waals surface area contributed by atoms with Gasteiger partial charge in [-0.25, -0.2) is 14.4 Å². The van der Waals surface area contributed by atoms with Gasteiger partial charge in [0.15, 0.2) is 5.96 Å². The average Bonchev–Trinajstić information content (AvgIpc) is 3.14. The van der Waals surface area contributed by atoms with Crippen LogP contribution < -0.4 is 15.4 Å². The molecule has 0 radical (unpaired) electrons. The Morgan fingerprint density at radius 3 is 2.82 bits per heavy atom. The van der Waals surface area contributed by atoms with Gasteiger partial charge >= 0.3 is 0 Å². The van der Waals surface area contributed by atoms with Crippen molar-refractivity contribution in [1.82, 2.24) is 25.2 Å². The molecule has 0 atom stereocenters. The van der Waals surface area contributed by atoms with E-state index in [1.807, 2.05) is 37.3 Å². The maximum Gasteiger partial charge on any atom is 0.224 e. The highest BCUT2D eigenvalue weighted by atomic mass is 19.1. The zero-order valence-electron chi connectivity index (χ0n) is 18.8. The van der Waals surface area contributed by atoms with Crippen molar-refractivity contribution in [3.8, 4) is 11.6 Å². The van der Waals surface area contributed by atoms with Crippen molar-refractivity contribution in [2.75, 3.05) is 13.6 Å². The van der Waals surface area contributed by atoms with Crippen molar-refractivity contribution in [3.63, 3.8) is 0 Å². The summed E-state index contributed by atoms with van der Waals surface area (Å²) in [5, 5.41) is 6.62. The fourth-order valence-corrected chi connectivity index (χ4v) is 3.61. The topological polar surface area (TPSA) is 76.4 Å². The Labute approximate surface area is 192 Å². The fraction of sp³-hybridized carbons (Fsp3) is 0.240. The molecule has 0 aliphatic carbocycles. The Kier molecular flexibility index (Phi) is 7.14. The third-order valence-electron chi connectivity index (χ3n) is 5.23. The zero-order valence-corrected chi connectivity index (χ0v) is 18.8. The number of rotatable bonds is 8. The fourth-order valence-electron chi connectivity index (χ4n) is 3.61. The third-order valence-corrected chi connectivity index (χ3v) is 5.23. The van der Waals surface area contributed by atoms with Crippen LogP contribution in [0.4, 0.5) is 4.39 Å². The summed E-state index contributed by atoms with van der Waals surface area (Å²) in [4.78, 5) is 13.2. The van der Waals surface area contributed by atoms with Crippen molar-refractivity contribution in [2.45, 2.75) is 26.4 Å². The number of hydrogen-bond donors (Lipinski definition) is 2. The number of aryl methyl sites for hydroxylation is 2. The van der Waals surface area contributed by atoms with E-state index in [0.717, 1.165) is 41.9 Å². The lowest BCUT2D eigenvalue weighted by Crippen LogP contribution is -2.37. The molecule has 0 spiro atoms. The summed E-state index contributed by atoms with van der Waals surface area (Å²) < 4.78 is 21.5. The Balaban J connectivity index is 1.30. The van der Waals surface area contributed by atoms with Crippen LogP contribution in [0.25, 0.3) is 11.0 Å². The average molecular weight is 447 g/mol. The third kappa shape index (κ3) is 5.65. The molecule has 0 bridgehead atoms. The van der Waals surface area contributed by atoms with E-state index in [1.54, 1.807) is 25.4 Å². The van der Waals surface area contributed by atoms with E-state index in [2.05, 4.69) is 36.2 Å². The zero-order chi connectivity index (χ0) is 23.0. The van der Waals surface area contributed by atoms with Crippen LogP contribution >= 0.6 is 0 Å². The lowest BCUT2D eigenvalue weighted by molar-refractivity contribution is 0.450. The molecule has 2 N–H and O–H groups in total. The van der Waals surface area contributed by atoms with Gasteiger partial charge in [-0.2, -0.15) is 0 Å². The van der Waals surface area contributed by atoms with Crippen molar-refractivity contribution < 1.29 is 9.13 Å². The molecule has 0 saturated heterocycles. The van der Waals surface area contributed by atoms with E-state index in [0.29, 0.717) is 24.1 Å². The van der Waals surface area contributed by atoms with Gasteiger partial charge in [0.1, 0.15) is 17.4 Å². The smallest absolute Gasteiger partial charge is 0.224 e. The highest BCUT2D eigenvalue weighted by Crippen LogP contribution is 2.23. The van der Waals surface area contributed by atoms with E-state index >= 15 is 0 Å². The molecule has 4 aromatic rings. The molecular formula is C25H27FN6O. The van der Waals surface area contributed by atoms with Crippen LogP contribution in [0.3, 0.4) is 0 Å². The molecule has 4 rings (SSSR count). The Morgan fingerprint density at radius 1 is 1.09 bits per heavy atom. The van der Waals surface area contributed by atoms with E-state index in [9.17, 15) is 4.39 Å². The number of aliphatic imine (C=N–C) groups is 1. The van der Waals surface area contributed by atoms with Gasteiger partial charge in [0.25, 0.3) is 0 Å². The lowest BCUT2D eigenvalue weighted by atomic mass is 10.2. The van der Waals surface area contributed by atoms with Crippen LogP contribution in [-0.2, 0) is 13.1 Å². The number of hydrogen-bond acceptors (Lipinski definition) is 4. The first-order valence-corrected chi connectivity index (χ1v) is 10.9. The van der Waals surface area contributed by atoms with E-state index in [-0.39, 0.29) is 5.82 Å². The minimum Gasteiger partial charge on any atom is -0.439 e. The van der Waals surface area contributed by atoms with Crippen molar-refractivity contribution in [1.29, 1.82) is 0 Å². The molecule has 0 amide bonds. The molecule has 2 heterocycles. The first-order chi connectivity index (χ1) is 16.1. The van der Waals surface area contributed by atoms with Crippen LogP contribution in [-0.4, -0.2) is 34.1 Å². The van der Waals surface area contributed by atoms with E-state index in [4.69, 9.17) is 4.74 Å². The van der Waals surface area contributed by atoms with Gasteiger partial charge in [0.2, 0.25) is 5.88 Å². The molecular weight excluding hydrogens is 419 g/mol. The Morgan fingerprint density at radius 2 is 1.97 bits per heavy atom. The van der Waals surface area contributed by atoms with Gasteiger partial charge in [-0.3, -0.25) is 4.99 Å². The SMILES string of the molecule is CN=C(NCCCn1c(C)nc2ccccc21)NCc1cccnc1Oc1cccc(F)c1. The maximum absolute atomic E-state index is 13.5. The summed E-state index contributed by atoms with van der Waals surface area (Å²) in [6.45, 7) is 4.12. The molecule has 0 unspecified atom stereocenters. The molecule has 7 nitrogen and oxygen atoms in total. The molecule has 0 aliphatic rings. The van der Waals surface area contributed by atoms with Crippen LogP contribution in [0, 0.1) is 12.7 Å². The second kappa shape index (κ2) is 10.6.